The fraction of sp³-hybridized carbons (Fsp3) is 0.328. The number of carbonyl (C=O) groups is 7. The SMILES string of the molecule is CC[C@@]1(O)C(=O)CCc2c1cc1n(c2=O)Cc2c-1nc1cc(F)c(C)c3c1c2[C@@H](NC(=O)COCNC(=O)CNC(=O)[C@H](Cc1ccccc1)NC(=O)CNC(=O)CNC(=O)OCC1c2ccccc2-c2ccccc21)CC3. The van der Waals surface area contributed by atoms with Crippen LogP contribution in [-0.2, 0) is 69.6 Å². The molecule has 0 spiro atoms. The lowest BCUT2D eigenvalue weighted by Crippen LogP contribution is -2.52. The van der Waals surface area contributed by atoms with Crippen LogP contribution >= 0.6 is 0 Å². The third kappa shape index (κ3) is 10.3. The van der Waals surface area contributed by atoms with Crippen LogP contribution in [0.4, 0.5) is 9.18 Å². The fourth-order valence-electron chi connectivity index (χ4n) is 11.3. The maximum atomic E-state index is 15.4. The summed E-state index contributed by atoms with van der Waals surface area (Å²) in [6.07, 6.45) is 0.346. The first-order chi connectivity index (χ1) is 37.6. The van der Waals surface area contributed by atoms with Gasteiger partial charge in [0.05, 0.1) is 42.6 Å². The number of ether oxygens (including phenoxy) is 2. The van der Waals surface area contributed by atoms with Gasteiger partial charge in [0, 0.05) is 46.9 Å². The number of aromatic nitrogens is 2. The van der Waals surface area contributed by atoms with Crippen molar-refractivity contribution in [3.63, 3.8) is 0 Å². The van der Waals surface area contributed by atoms with E-state index >= 15 is 4.39 Å². The molecule has 3 atom stereocenters. The van der Waals surface area contributed by atoms with Crippen molar-refractivity contribution in [2.24, 2.45) is 0 Å². The van der Waals surface area contributed by atoms with Gasteiger partial charge >= 0.3 is 6.09 Å². The summed E-state index contributed by atoms with van der Waals surface area (Å²) in [6, 6.07) is 25.8. The maximum Gasteiger partial charge on any atom is 0.407 e. The Balaban J connectivity index is 0.700. The van der Waals surface area contributed by atoms with Crippen LogP contribution in [0.3, 0.4) is 0 Å². The molecule has 3 heterocycles. The van der Waals surface area contributed by atoms with Crippen molar-refractivity contribution in [3.05, 3.63) is 157 Å². The number of ketones is 1. The molecule has 19 nitrogen and oxygen atoms in total. The van der Waals surface area contributed by atoms with Crippen LogP contribution in [0.15, 0.2) is 95.8 Å². The molecule has 4 aromatic carbocycles. The number of rotatable bonds is 18. The average Bonchev–Trinajstić information content (AvgIpc) is 3.92. The first-order valence-electron chi connectivity index (χ1n) is 25.9. The van der Waals surface area contributed by atoms with Gasteiger partial charge in [0.15, 0.2) is 5.78 Å². The van der Waals surface area contributed by atoms with Crippen molar-refractivity contribution < 1.29 is 52.5 Å². The van der Waals surface area contributed by atoms with Crippen molar-refractivity contribution in [2.75, 3.05) is 39.6 Å². The minimum Gasteiger partial charge on any atom is -0.449 e. The van der Waals surface area contributed by atoms with E-state index in [-0.39, 0.29) is 61.7 Å². The molecule has 78 heavy (non-hydrogen) atoms. The first kappa shape index (κ1) is 52.8. The van der Waals surface area contributed by atoms with Crippen LogP contribution < -0.4 is 37.5 Å². The third-order valence-corrected chi connectivity index (χ3v) is 15.2. The smallest absolute Gasteiger partial charge is 0.407 e. The second-order valence-corrected chi connectivity index (χ2v) is 19.9. The number of fused-ring (bicyclic) bond motifs is 8. The second kappa shape index (κ2) is 22.2. The van der Waals surface area contributed by atoms with E-state index in [0.717, 1.165) is 27.8 Å². The van der Waals surface area contributed by atoms with E-state index in [4.69, 9.17) is 14.5 Å². The molecule has 6 aromatic rings. The molecule has 402 valence electrons. The monoisotopic (exact) mass is 1060 g/mol. The number of nitrogens with one attached hydrogen (secondary N) is 6. The number of alkyl carbamates (subject to hydrolysis) is 1. The van der Waals surface area contributed by atoms with E-state index in [1.165, 1.54) is 6.07 Å². The number of benzene rings is 4. The molecule has 4 aliphatic rings. The molecule has 6 amide bonds. The lowest BCUT2D eigenvalue weighted by molar-refractivity contribution is -0.140. The van der Waals surface area contributed by atoms with Gasteiger partial charge in [0.2, 0.25) is 29.5 Å². The summed E-state index contributed by atoms with van der Waals surface area (Å²) < 4.78 is 28.0. The zero-order valence-electron chi connectivity index (χ0n) is 42.9. The highest BCUT2D eigenvalue weighted by atomic mass is 19.1. The van der Waals surface area contributed by atoms with Crippen LogP contribution in [0.2, 0.25) is 0 Å². The van der Waals surface area contributed by atoms with Gasteiger partial charge in [-0.2, -0.15) is 0 Å². The summed E-state index contributed by atoms with van der Waals surface area (Å²) in [7, 11) is 0. The number of Topliss-reactive ketones (excluding diaryl/α,β-unsaturated/α-hetero) is 1. The van der Waals surface area contributed by atoms with Crippen molar-refractivity contribution in [3.8, 4) is 22.5 Å². The number of amides is 6. The molecule has 20 heteroatoms. The van der Waals surface area contributed by atoms with Gasteiger partial charge < -0.3 is 51.0 Å². The lowest BCUT2D eigenvalue weighted by atomic mass is 9.77. The predicted molar refractivity (Wildman–Crippen MR) is 282 cm³/mol. The highest BCUT2D eigenvalue weighted by Crippen LogP contribution is 2.47. The van der Waals surface area contributed by atoms with Gasteiger partial charge in [-0.1, -0.05) is 85.8 Å². The van der Waals surface area contributed by atoms with Crippen molar-refractivity contribution in [1.29, 1.82) is 0 Å². The van der Waals surface area contributed by atoms with E-state index in [1.54, 1.807) is 54.8 Å². The van der Waals surface area contributed by atoms with Gasteiger partial charge in [0.1, 0.15) is 43.9 Å². The topological polar surface area (TPSA) is 265 Å². The van der Waals surface area contributed by atoms with Crippen molar-refractivity contribution in [1.82, 2.24) is 41.5 Å². The molecular formula is C58H57FN8O11. The standard InChI is InChI=1S/C58H57FN8O11/c1-3-58(76)41-22-46-54-39(27-67(46)56(74)38(41)18-20-47(58)68)53-43(19-17-33-31(2)42(59)23-44(66-54)52(33)53)64-51(72)29-77-30-63-49(70)24-61-55(73)45(21-32-11-5-4-6-12-32)65-50(71)26-60-48(69)25-62-57(75)78-28-40-36-15-9-7-13-34(36)35-14-8-10-16-37(35)40/h4-16,22-23,40,43,45,76H,3,17-21,24-30H2,1-2H3,(H,60,69)(H,61,73)(H,62,75)(H,63,70)(H,64,72)(H,65,71)/t43-,45-,58-/m0/s1. The summed E-state index contributed by atoms with van der Waals surface area (Å²) in [5.74, 6) is -4.26. The molecule has 1 aliphatic heterocycles. The van der Waals surface area contributed by atoms with Crippen LogP contribution in [0.25, 0.3) is 33.4 Å². The van der Waals surface area contributed by atoms with Crippen LogP contribution in [-0.4, -0.2) is 102 Å². The van der Waals surface area contributed by atoms with Crippen molar-refractivity contribution in [2.45, 2.75) is 82.5 Å². The Hall–Kier alpha value is -8.62. The number of hydrogen-bond donors (Lipinski definition) is 7. The summed E-state index contributed by atoms with van der Waals surface area (Å²) >= 11 is 0. The van der Waals surface area contributed by atoms with Gasteiger partial charge in [-0.25, -0.2) is 14.2 Å². The summed E-state index contributed by atoms with van der Waals surface area (Å²) in [4.78, 5) is 110. The third-order valence-electron chi connectivity index (χ3n) is 15.2. The minimum atomic E-state index is -1.83. The minimum absolute atomic E-state index is 0.0321. The molecule has 0 bridgehead atoms. The predicted octanol–water partition coefficient (Wildman–Crippen LogP) is 3.68. The molecule has 10 rings (SSSR count). The molecule has 7 N–H and O–H groups in total. The van der Waals surface area contributed by atoms with Crippen molar-refractivity contribution >= 4 is 52.3 Å². The molecule has 0 saturated carbocycles. The molecule has 0 saturated heterocycles. The molecular weight excluding hydrogens is 1000 g/mol. The molecule has 3 aliphatic carbocycles. The van der Waals surface area contributed by atoms with E-state index < -0.39 is 92.1 Å². The number of carbonyl (C=O) groups excluding carboxylic acids is 7. The van der Waals surface area contributed by atoms with E-state index in [0.29, 0.717) is 62.9 Å². The summed E-state index contributed by atoms with van der Waals surface area (Å²) in [6.45, 7) is 1.14. The van der Waals surface area contributed by atoms with Crippen LogP contribution in [0.5, 0.6) is 0 Å². The normalized spacial score (nSPS) is 16.9. The lowest BCUT2D eigenvalue weighted by Gasteiger charge is -2.32. The molecule has 0 fully saturated rings. The number of hydrogen-bond acceptors (Lipinski definition) is 12. The highest BCUT2D eigenvalue weighted by molar-refractivity contribution is 5.96. The number of nitrogens with zero attached hydrogens (tertiary/aromatic N) is 2. The fourth-order valence-corrected chi connectivity index (χ4v) is 11.3. The zero-order chi connectivity index (χ0) is 54.8. The van der Waals surface area contributed by atoms with Crippen LogP contribution in [0, 0.1) is 12.7 Å². The van der Waals surface area contributed by atoms with Crippen LogP contribution in [0.1, 0.15) is 88.2 Å². The number of halogens is 1. The first-order valence-corrected chi connectivity index (χ1v) is 25.9. The van der Waals surface area contributed by atoms with Gasteiger partial charge in [-0.15, -0.1) is 0 Å². The van der Waals surface area contributed by atoms with Gasteiger partial charge in [-0.3, -0.25) is 33.6 Å². The number of aryl methyl sites for hydroxylation is 1. The molecule has 0 unspecified atom stereocenters. The largest absolute Gasteiger partial charge is 0.449 e. The van der Waals surface area contributed by atoms with Gasteiger partial charge in [-0.05, 0) is 83.2 Å². The number of pyridine rings is 2. The summed E-state index contributed by atoms with van der Waals surface area (Å²) in [5, 5.41) is 27.6. The highest BCUT2D eigenvalue weighted by Gasteiger charge is 2.44. The Morgan fingerprint density at radius 2 is 1.47 bits per heavy atom. The summed E-state index contributed by atoms with van der Waals surface area (Å²) in [5.41, 5.74) is 7.04. The Kier molecular flexibility index (Phi) is 15.0. The maximum absolute atomic E-state index is 15.4. The van der Waals surface area contributed by atoms with E-state index in [1.807, 2.05) is 48.5 Å². The van der Waals surface area contributed by atoms with Gasteiger partial charge in [0.25, 0.3) is 5.56 Å². The quantitative estimate of drug-likeness (QED) is 0.0480. The van der Waals surface area contributed by atoms with E-state index in [2.05, 4.69) is 31.9 Å². The Morgan fingerprint density at radius 3 is 2.21 bits per heavy atom. The Labute approximate surface area is 446 Å². The Morgan fingerprint density at radius 1 is 0.795 bits per heavy atom. The zero-order valence-corrected chi connectivity index (χ0v) is 42.9. The average molecular weight is 1060 g/mol. The number of aliphatic hydroxyl groups is 1. The van der Waals surface area contributed by atoms with E-state index in [9.17, 15) is 43.5 Å². The molecule has 0 radical (unpaired) electrons. The Bertz CT molecular complexity index is 3470. The second-order valence-electron chi connectivity index (χ2n) is 19.9. The molecule has 2 aromatic heterocycles.